The highest BCUT2D eigenvalue weighted by Gasteiger charge is 2.21. The van der Waals surface area contributed by atoms with Gasteiger partial charge in [-0.2, -0.15) is 0 Å². The van der Waals surface area contributed by atoms with Gasteiger partial charge in [-0.15, -0.1) is 0 Å². The summed E-state index contributed by atoms with van der Waals surface area (Å²) in [5.41, 5.74) is 1.20. The van der Waals surface area contributed by atoms with Crippen molar-refractivity contribution in [1.82, 2.24) is 10.3 Å². The van der Waals surface area contributed by atoms with Crippen LogP contribution in [-0.4, -0.2) is 18.6 Å². The van der Waals surface area contributed by atoms with Crippen LogP contribution in [0, 0.1) is 11.8 Å². The third kappa shape index (κ3) is 3.70. The maximum atomic E-state index is 5.23. The highest BCUT2D eigenvalue weighted by Crippen LogP contribution is 2.28. The Morgan fingerprint density at radius 2 is 2.00 bits per heavy atom. The first-order valence-electron chi connectivity index (χ1n) is 6.32. The summed E-state index contributed by atoms with van der Waals surface area (Å²) in [5.74, 6) is 2.01. The van der Waals surface area contributed by atoms with Crippen molar-refractivity contribution < 1.29 is 4.74 Å². The van der Waals surface area contributed by atoms with Gasteiger partial charge in [0.15, 0.2) is 0 Å². The molecule has 0 aliphatic carbocycles. The quantitative estimate of drug-likeness (QED) is 0.824. The van der Waals surface area contributed by atoms with Gasteiger partial charge in [-0.25, -0.2) is 0 Å². The SMILES string of the molecule is CCNC(c1cncc(OC)c1)C(C)C(C)C. The van der Waals surface area contributed by atoms with Crippen LogP contribution in [0.15, 0.2) is 18.5 Å². The van der Waals surface area contributed by atoms with Crippen LogP contribution in [0.3, 0.4) is 0 Å². The number of hydrogen-bond acceptors (Lipinski definition) is 3. The van der Waals surface area contributed by atoms with E-state index >= 15 is 0 Å². The summed E-state index contributed by atoms with van der Waals surface area (Å²) in [4.78, 5) is 4.24. The number of rotatable bonds is 6. The summed E-state index contributed by atoms with van der Waals surface area (Å²) in [6.07, 6.45) is 3.67. The molecule has 0 amide bonds. The van der Waals surface area contributed by atoms with Gasteiger partial charge in [0.25, 0.3) is 0 Å². The number of nitrogens with one attached hydrogen (secondary N) is 1. The number of hydrogen-bond donors (Lipinski definition) is 1. The summed E-state index contributed by atoms with van der Waals surface area (Å²) < 4.78 is 5.23. The topological polar surface area (TPSA) is 34.2 Å². The van der Waals surface area contributed by atoms with Crippen molar-refractivity contribution >= 4 is 0 Å². The molecule has 0 aliphatic rings. The molecule has 1 aromatic rings. The van der Waals surface area contributed by atoms with Gasteiger partial charge in [0.2, 0.25) is 0 Å². The normalized spacial score (nSPS) is 14.7. The molecule has 0 saturated heterocycles. The fourth-order valence-corrected chi connectivity index (χ4v) is 1.93. The maximum Gasteiger partial charge on any atom is 0.137 e. The summed E-state index contributed by atoms with van der Waals surface area (Å²) in [6.45, 7) is 9.87. The number of aromatic nitrogens is 1. The van der Waals surface area contributed by atoms with E-state index in [-0.39, 0.29) is 0 Å². The monoisotopic (exact) mass is 236 g/mol. The van der Waals surface area contributed by atoms with Crippen LogP contribution in [-0.2, 0) is 0 Å². The number of pyridine rings is 1. The van der Waals surface area contributed by atoms with Gasteiger partial charge in [-0.1, -0.05) is 27.7 Å². The molecule has 2 atom stereocenters. The van der Waals surface area contributed by atoms with Gasteiger partial charge < -0.3 is 10.1 Å². The van der Waals surface area contributed by atoms with Crippen molar-refractivity contribution in [2.24, 2.45) is 11.8 Å². The zero-order chi connectivity index (χ0) is 12.8. The molecular weight excluding hydrogens is 212 g/mol. The highest BCUT2D eigenvalue weighted by atomic mass is 16.5. The van der Waals surface area contributed by atoms with Gasteiger partial charge in [-0.3, -0.25) is 4.98 Å². The third-order valence-corrected chi connectivity index (χ3v) is 3.33. The van der Waals surface area contributed by atoms with E-state index in [9.17, 15) is 0 Å². The number of methoxy groups -OCH3 is 1. The summed E-state index contributed by atoms with van der Waals surface area (Å²) >= 11 is 0. The van der Waals surface area contributed by atoms with Crippen molar-refractivity contribution in [1.29, 1.82) is 0 Å². The Kier molecular flexibility index (Phi) is 5.42. The predicted octanol–water partition coefficient (Wildman–Crippen LogP) is 3.03. The molecule has 1 heterocycles. The molecule has 3 nitrogen and oxygen atoms in total. The molecule has 3 heteroatoms. The van der Waals surface area contributed by atoms with Gasteiger partial charge >= 0.3 is 0 Å². The van der Waals surface area contributed by atoms with E-state index in [0.717, 1.165) is 12.3 Å². The third-order valence-electron chi connectivity index (χ3n) is 3.33. The molecular formula is C14H24N2O. The predicted molar refractivity (Wildman–Crippen MR) is 71.2 cm³/mol. The first kappa shape index (κ1) is 14.0. The minimum Gasteiger partial charge on any atom is -0.495 e. The minimum atomic E-state index is 0.336. The molecule has 0 radical (unpaired) electrons. The van der Waals surface area contributed by atoms with Crippen LogP contribution >= 0.6 is 0 Å². The van der Waals surface area contributed by atoms with E-state index < -0.39 is 0 Å². The second kappa shape index (κ2) is 6.60. The second-order valence-electron chi connectivity index (χ2n) is 4.80. The first-order chi connectivity index (χ1) is 8.10. The molecule has 1 rings (SSSR count). The molecule has 0 fully saturated rings. The lowest BCUT2D eigenvalue weighted by Gasteiger charge is -2.28. The highest BCUT2D eigenvalue weighted by molar-refractivity contribution is 5.26. The summed E-state index contributed by atoms with van der Waals surface area (Å²) in [7, 11) is 1.68. The van der Waals surface area contributed by atoms with Crippen LogP contribution in [0.25, 0.3) is 0 Å². The second-order valence-corrected chi connectivity index (χ2v) is 4.80. The Morgan fingerprint density at radius 1 is 1.29 bits per heavy atom. The van der Waals surface area contributed by atoms with Gasteiger partial charge in [0, 0.05) is 12.2 Å². The van der Waals surface area contributed by atoms with E-state index in [1.165, 1.54) is 5.56 Å². The van der Waals surface area contributed by atoms with Crippen LogP contribution in [0.4, 0.5) is 0 Å². The zero-order valence-corrected chi connectivity index (χ0v) is 11.5. The fraction of sp³-hybridized carbons (Fsp3) is 0.643. The van der Waals surface area contributed by atoms with E-state index in [2.05, 4.69) is 44.1 Å². The van der Waals surface area contributed by atoms with Crippen LogP contribution in [0.1, 0.15) is 39.3 Å². The standard InChI is InChI=1S/C14H24N2O/c1-6-16-14(11(4)10(2)3)12-7-13(17-5)9-15-8-12/h7-11,14,16H,6H2,1-5H3. The largest absolute Gasteiger partial charge is 0.495 e. The van der Waals surface area contributed by atoms with Crippen molar-refractivity contribution in [2.45, 2.75) is 33.7 Å². The molecule has 0 aliphatic heterocycles. The lowest BCUT2D eigenvalue weighted by molar-refractivity contribution is 0.305. The Labute approximate surface area is 105 Å². The summed E-state index contributed by atoms with van der Waals surface area (Å²) in [5, 5.41) is 3.54. The van der Waals surface area contributed by atoms with Crippen molar-refractivity contribution in [2.75, 3.05) is 13.7 Å². The van der Waals surface area contributed by atoms with Crippen LogP contribution < -0.4 is 10.1 Å². The lowest BCUT2D eigenvalue weighted by atomic mass is 9.86. The Balaban J connectivity index is 2.95. The maximum absolute atomic E-state index is 5.23. The average molecular weight is 236 g/mol. The number of ether oxygens (including phenoxy) is 1. The molecule has 1 aromatic heterocycles. The zero-order valence-electron chi connectivity index (χ0n) is 11.5. The molecule has 0 spiro atoms. The first-order valence-corrected chi connectivity index (χ1v) is 6.32. The molecule has 96 valence electrons. The molecule has 0 saturated carbocycles. The van der Waals surface area contributed by atoms with Crippen molar-refractivity contribution in [3.63, 3.8) is 0 Å². The summed E-state index contributed by atoms with van der Waals surface area (Å²) in [6, 6.07) is 2.40. The molecule has 17 heavy (non-hydrogen) atoms. The van der Waals surface area contributed by atoms with Crippen molar-refractivity contribution in [3.05, 3.63) is 24.0 Å². The van der Waals surface area contributed by atoms with E-state index in [0.29, 0.717) is 17.9 Å². The Morgan fingerprint density at radius 3 is 2.53 bits per heavy atom. The molecule has 1 N–H and O–H groups in total. The molecule has 2 unspecified atom stereocenters. The van der Waals surface area contributed by atoms with Crippen LogP contribution in [0.2, 0.25) is 0 Å². The fourth-order valence-electron chi connectivity index (χ4n) is 1.93. The van der Waals surface area contributed by atoms with Crippen molar-refractivity contribution in [3.8, 4) is 5.75 Å². The molecule has 0 bridgehead atoms. The van der Waals surface area contributed by atoms with E-state index in [4.69, 9.17) is 4.74 Å². The molecule has 0 aromatic carbocycles. The minimum absolute atomic E-state index is 0.336. The average Bonchev–Trinajstić information content (AvgIpc) is 2.35. The van der Waals surface area contributed by atoms with E-state index in [1.807, 2.05) is 6.20 Å². The van der Waals surface area contributed by atoms with E-state index in [1.54, 1.807) is 13.3 Å². The van der Waals surface area contributed by atoms with Crippen LogP contribution in [0.5, 0.6) is 5.75 Å². The lowest BCUT2D eigenvalue weighted by Crippen LogP contribution is -2.29. The Bertz CT molecular complexity index is 339. The van der Waals surface area contributed by atoms with Gasteiger partial charge in [0.1, 0.15) is 5.75 Å². The van der Waals surface area contributed by atoms with Gasteiger partial charge in [0.05, 0.1) is 13.3 Å². The Hall–Kier alpha value is -1.09. The van der Waals surface area contributed by atoms with Gasteiger partial charge in [-0.05, 0) is 30.0 Å². The number of nitrogens with zero attached hydrogens (tertiary/aromatic N) is 1. The smallest absolute Gasteiger partial charge is 0.137 e.